The van der Waals surface area contributed by atoms with Crippen LogP contribution in [0.15, 0.2) is 65.6 Å². The highest BCUT2D eigenvalue weighted by atomic mass is 32.2. The van der Waals surface area contributed by atoms with Gasteiger partial charge in [0.1, 0.15) is 18.7 Å². The van der Waals surface area contributed by atoms with E-state index >= 15 is 0 Å². The number of carbonyl (C=O) groups excluding carboxylic acids is 3. The number of hydrogen-bond donors (Lipinski definition) is 3. The summed E-state index contributed by atoms with van der Waals surface area (Å²) in [6, 6.07) is 13.8. The van der Waals surface area contributed by atoms with E-state index in [-0.39, 0.29) is 17.9 Å². The fraction of sp³-hybridized carbons (Fsp3) is 0.318. The van der Waals surface area contributed by atoms with Crippen LogP contribution in [0.4, 0.5) is 4.79 Å². The third-order valence-corrected chi connectivity index (χ3v) is 6.35. The Labute approximate surface area is 191 Å². The predicted molar refractivity (Wildman–Crippen MR) is 118 cm³/mol. The highest BCUT2D eigenvalue weighted by Gasteiger charge is 2.29. The summed E-state index contributed by atoms with van der Waals surface area (Å²) in [6.45, 7) is -0.822. The topological polar surface area (TPSA) is 148 Å². The average Bonchev–Trinajstić information content (AvgIpc) is 2.84. The number of hydrogen-bond acceptors (Lipinski definition) is 8. The maximum Gasteiger partial charge on any atom is 0.408 e. The van der Waals surface area contributed by atoms with E-state index < -0.39 is 52.3 Å². The monoisotopic (exact) mass is 478 g/mol. The lowest BCUT2D eigenvalue weighted by Crippen LogP contribution is -2.53. The summed E-state index contributed by atoms with van der Waals surface area (Å²) in [5, 5.41) is 14.0. The Balaban J connectivity index is 1.96. The van der Waals surface area contributed by atoms with Gasteiger partial charge in [-0.15, -0.1) is 0 Å². The number of benzene rings is 2. The second-order valence-electron chi connectivity index (χ2n) is 6.95. The van der Waals surface area contributed by atoms with Gasteiger partial charge >= 0.3 is 12.1 Å². The molecule has 33 heavy (non-hydrogen) atoms. The van der Waals surface area contributed by atoms with Crippen LogP contribution in [0, 0.1) is 0 Å². The molecule has 2 rings (SSSR count). The molecule has 0 fully saturated rings. The molecule has 0 saturated carbocycles. The zero-order valence-corrected chi connectivity index (χ0v) is 18.8. The summed E-state index contributed by atoms with van der Waals surface area (Å²) in [4.78, 5) is 36.7. The molecule has 0 saturated heterocycles. The summed E-state index contributed by atoms with van der Waals surface area (Å²) in [7, 11) is -2.62. The number of nitrogens with one attached hydrogen (secondary N) is 2. The van der Waals surface area contributed by atoms with Crippen LogP contribution in [-0.2, 0) is 35.5 Å². The first-order chi connectivity index (χ1) is 15.8. The lowest BCUT2D eigenvalue weighted by molar-refractivity contribution is -0.145. The molecule has 0 heterocycles. The van der Waals surface area contributed by atoms with Crippen molar-refractivity contribution in [3.63, 3.8) is 0 Å². The van der Waals surface area contributed by atoms with Crippen molar-refractivity contribution in [3.8, 4) is 0 Å². The van der Waals surface area contributed by atoms with Crippen molar-refractivity contribution >= 4 is 27.8 Å². The molecular weight excluding hydrogens is 452 g/mol. The molecule has 0 bridgehead atoms. The predicted octanol–water partition coefficient (Wildman–Crippen LogP) is 0.796. The van der Waals surface area contributed by atoms with Crippen LogP contribution < -0.4 is 10.6 Å². The Bertz CT molecular complexity index is 1030. The van der Waals surface area contributed by atoms with Gasteiger partial charge in [0.15, 0.2) is 9.84 Å². The van der Waals surface area contributed by atoms with Gasteiger partial charge < -0.3 is 25.2 Å². The molecule has 0 aliphatic carbocycles. The number of methoxy groups -OCH3 is 1. The van der Waals surface area contributed by atoms with Crippen molar-refractivity contribution < 1.29 is 37.4 Å². The number of aliphatic hydroxyl groups excluding tert-OH is 1. The smallest absolute Gasteiger partial charge is 0.408 e. The van der Waals surface area contributed by atoms with Crippen molar-refractivity contribution in [2.75, 3.05) is 19.5 Å². The largest absolute Gasteiger partial charge is 0.467 e. The van der Waals surface area contributed by atoms with Crippen LogP contribution in [0.1, 0.15) is 12.0 Å². The zero-order valence-electron chi connectivity index (χ0n) is 18.0. The molecule has 10 nitrogen and oxygen atoms in total. The number of aliphatic hydroxyl groups is 1. The van der Waals surface area contributed by atoms with Gasteiger partial charge in [0.2, 0.25) is 5.91 Å². The van der Waals surface area contributed by atoms with Gasteiger partial charge in [0.25, 0.3) is 0 Å². The number of amides is 2. The second kappa shape index (κ2) is 12.6. The summed E-state index contributed by atoms with van der Waals surface area (Å²) in [5.74, 6) is -2.20. The first-order valence-electron chi connectivity index (χ1n) is 10.0. The summed E-state index contributed by atoms with van der Waals surface area (Å²) < 4.78 is 34.6. The number of rotatable bonds is 11. The van der Waals surface area contributed by atoms with Gasteiger partial charge in [-0.3, -0.25) is 4.79 Å². The van der Waals surface area contributed by atoms with Crippen LogP contribution in [0.2, 0.25) is 0 Å². The Morgan fingerprint density at radius 2 is 1.55 bits per heavy atom. The van der Waals surface area contributed by atoms with Crippen LogP contribution >= 0.6 is 0 Å². The lowest BCUT2D eigenvalue weighted by Gasteiger charge is -2.21. The zero-order chi connectivity index (χ0) is 24.3. The van der Waals surface area contributed by atoms with Crippen LogP contribution in [0.25, 0.3) is 0 Å². The highest BCUT2D eigenvalue weighted by Crippen LogP contribution is 2.12. The fourth-order valence-corrected chi connectivity index (χ4v) is 4.14. The quantitative estimate of drug-likeness (QED) is 0.402. The second-order valence-corrected chi connectivity index (χ2v) is 9.06. The molecule has 11 heteroatoms. The Hall–Kier alpha value is -3.44. The van der Waals surface area contributed by atoms with E-state index in [0.29, 0.717) is 0 Å². The minimum atomic E-state index is -3.71. The molecule has 2 aromatic carbocycles. The van der Waals surface area contributed by atoms with E-state index in [9.17, 15) is 27.9 Å². The molecular formula is C22H26N2O8S. The maximum absolute atomic E-state index is 12.5. The Morgan fingerprint density at radius 1 is 0.939 bits per heavy atom. The summed E-state index contributed by atoms with van der Waals surface area (Å²) in [6.07, 6.45) is -1.22. The average molecular weight is 479 g/mol. The van der Waals surface area contributed by atoms with Crippen LogP contribution in [-0.4, -0.2) is 63.0 Å². The maximum atomic E-state index is 12.5. The number of alkyl carbamates (subject to hydrolysis) is 1. The summed E-state index contributed by atoms with van der Waals surface area (Å²) in [5.41, 5.74) is 0.725. The first-order valence-corrected chi connectivity index (χ1v) is 11.7. The molecule has 0 aliphatic heterocycles. The number of ether oxygens (including phenoxy) is 2. The van der Waals surface area contributed by atoms with E-state index in [1.165, 1.54) is 12.1 Å². The Morgan fingerprint density at radius 3 is 2.12 bits per heavy atom. The molecule has 2 aromatic rings. The van der Waals surface area contributed by atoms with Crippen molar-refractivity contribution in [1.29, 1.82) is 0 Å². The molecule has 0 radical (unpaired) electrons. The van der Waals surface area contributed by atoms with Gasteiger partial charge in [0.05, 0.1) is 24.4 Å². The highest BCUT2D eigenvalue weighted by molar-refractivity contribution is 7.91. The molecule has 0 aliphatic rings. The van der Waals surface area contributed by atoms with Crippen LogP contribution in [0.3, 0.4) is 0 Å². The minimum absolute atomic E-state index is 0.0471. The number of esters is 1. The van der Waals surface area contributed by atoms with Gasteiger partial charge in [-0.1, -0.05) is 48.5 Å². The van der Waals surface area contributed by atoms with Gasteiger partial charge in [-0.2, -0.15) is 0 Å². The normalized spacial score (nSPS) is 12.8. The van der Waals surface area contributed by atoms with E-state index in [1.807, 2.05) is 0 Å². The molecule has 2 amide bonds. The van der Waals surface area contributed by atoms with Crippen molar-refractivity contribution in [3.05, 3.63) is 66.2 Å². The van der Waals surface area contributed by atoms with Gasteiger partial charge in [-0.05, 0) is 24.1 Å². The van der Waals surface area contributed by atoms with Gasteiger partial charge in [-0.25, -0.2) is 18.0 Å². The summed E-state index contributed by atoms with van der Waals surface area (Å²) >= 11 is 0. The molecule has 0 unspecified atom stereocenters. The Kier molecular flexibility index (Phi) is 9.83. The van der Waals surface area contributed by atoms with Crippen molar-refractivity contribution in [1.82, 2.24) is 10.6 Å². The fourth-order valence-electron chi connectivity index (χ4n) is 2.78. The molecule has 3 N–H and O–H groups in total. The number of sulfone groups is 1. The van der Waals surface area contributed by atoms with Crippen molar-refractivity contribution in [2.24, 2.45) is 0 Å². The SMILES string of the molecule is COC(=O)[C@@H](CCS(=O)(=O)c1ccccc1)NC(=O)[C@H](CO)NC(=O)OCc1ccccc1. The third kappa shape index (κ3) is 8.20. The standard InChI is InChI=1S/C22H26N2O8S/c1-31-21(27)18(12-13-33(29,30)17-10-6-3-7-11-17)23-20(26)19(14-25)24-22(28)32-15-16-8-4-2-5-9-16/h2-11,18-19,25H,12-15H2,1H3,(H,23,26)(H,24,28)/t18-,19+/m1/s1. The van der Waals surface area contributed by atoms with E-state index in [1.54, 1.807) is 48.5 Å². The number of carbonyl (C=O) groups is 3. The van der Waals surface area contributed by atoms with E-state index in [0.717, 1.165) is 12.7 Å². The van der Waals surface area contributed by atoms with E-state index in [4.69, 9.17) is 4.74 Å². The lowest BCUT2D eigenvalue weighted by atomic mass is 10.2. The van der Waals surface area contributed by atoms with Crippen molar-refractivity contribution in [2.45, 2.75) is 30.0 Å². The van der Waals surface area contributed by atoms with Gasteiger partial charge in [0, 0.05) is 0 Å². The molecule has 2 atom stereocenters. The minimum Gasteiger partial charge on any atom is -0.467 e. The van der Waals surface area contributed by atoms with E-state index in [2.05, 4.69) is 15.4 Å². The third-order valence-electron chi connectivity index (χ3n) is 4.58. The molecule has 178 valence electrons. The first kappa shape index (κ1) is 25.8. The molecule has 0 aromatic heterocycles. The molecule has 0 spiro atoms. The van der Waals surface area contributed by atoms with Crippen LogP contribution in [0.5, 0.6) is 0 Å².